The van der Waals surface area contributed by atoms with E-state index in [0.29, 0.717) is 0 Å². The highest BCUT2D eigenvalue weighted by atomic mass is 16.5. The SMILES string of the molecule is CCC1CCCC(O)(c2cncc(OC(C)C)c2)CC1. The quantitative estimate of drug-likeness (QED) is 0.844. The molecule has 3 heteroatoms. The van der Waals surface area contributed by atoms with Crippen LogP contribution in [0, 0.1) is 5.92 Å². The monoisotopic (exact) mass is 277 g/mol. The van der Waals surface area contributed by atoms with Gasteiger partial charge in [0.2, 0.25) is 0 Å². The molecule has 0 amide bonds. The van der Waals surface area contributed by atoms with Crippen LogP contribution >= 0.6 is 0 Å². The second-order valence-electron chi connectivity index (χ2n) is 6.31. The molecule has 2 unspecified atom stereocenters. The van der Waals surface area contributed by atoms with Gasteiger partial charge in [0, 0.05) is 11.8 Å². The first-order valence-electron chi connectivity index (χ1n) is 7.88. The number of nitrogens with zero attached hydrogens (tertiary/aromatic N) is 1. The number of rotatable bonds is 4. The van der Waals surface area contributed by atoms with Crippen molar-refractivity contribution >= 4 is 0 Å². The zero-order valence-corrected chi connectivity index (χ0v) is 12.9. The maximum Gasteiger partial charge on any atom is 0.138 e. The van der Waals surface area contributed by atoms with E-state index in [1.165, 1.54) is 12.8 Å². The highest BCUT2D eigenvalue weighted by Crippen LogP contribution is 2.39. The molecular formula is C17H27NO2. The Kier molecular flexibility index (Phi) is 5.03. The minimum Gasteiger partial charge on any atom is -0.489 e. The van der Waals surface area contributed by atoms with Gasteiger partial charge in [0.25, 0.3) is 0 Å². The average Bonchev–Trinajstić information content (AvgIpc) is 2.61. The molecule has 0 aromatic carbocycles. The molecule has 1 aliphatic rings. The van der Waals surface area contributed by atoms with Gasteiger partial charge < -0.3 is 9.84 Å². The summed E-state index contributed by atoms with van der Waals surface area (Å²) in [5.41, 5.74) is 0.181. The molecule has 1 saturated carbocycles. The van der Waals surface area contributed by atoms with Crippen LogP contribution in [0.3, 0.4) is 0 Å². The lowest BCUT2D eigenvalue weighted by Crippen LogP contribution is -2.25. The van der Waals surface area contributed by atoms with Gasteiger partial charge in [0.15, 0.2) is 0 Å². The van der Waals surface area contributed by atoms with E-state index in [1.807, 2.05) is 19.9 Å². The predicted molar refractivity (Wildman–Crippen MR) is 80.8 cm³/mol. The third-order valence-electron chi connectivity index (χ3n) is 4.37. The number of hydrogen-bond donors (Lipinski definition) is 1. The number of aromatic nitrogens is 1. The fraction of sp³-hybridized carbons (Fsp3) is 0.706. The topological polar surface area (TPSA) is 42.4 Å². The summed E-state index contributed by atoms with van der Waals surface area (Å²) in [6, 6.07) is 1.96. The molecule has 1 aliphatic carbocycles. The van der Waals surface area contributed by atoms with Crippen LogP contribution in [-0.4, -0.2) is 16.2 Å². The average molecular weight is 277 g/mol. The van der Waals surface area contributed by atoms with Crippen LogP contribution < -0.4 is 4.74 Å². The number of ether oxygens (including phenoxy) is 1. The van der Waals surface area contributed by atoms with Gasteiger partial charge in [-0.3, -0.25) is 4.98 Å². The van der Waals surface area contributed by atoms with E-state index in [0.717, 1.165) is 42.9 Å². The van der Waals surface area contributed by atoms with E-state index < -0.39 is 5.60 Å². The van der Waals surface area contributed by atoms with E-state index in [2.05, 4.69) is 11.9 Å². The summed E-state index contributed by atoms with van der Waals surface area (Å²) < 4.78 is 5.69. The van der Waals surface area contributed by atoms with Crippen molar-refractivity contribution in [3.8, 4) is 5.75 Å². The molecule has 1 aromatic heterocycles. The molecule has 2 atom stereocenters. The Labute approximate surface area is 122 Å². The zero-order valence-electron chi connectivity index (χ0n) is 12.9. The summed E-state index contributed by atoms with van der Waals surface area (Å²) >= 11 is 0. The van der Waals surface area contributed by atoms with Gasteiger partial charge in [0.1, 0.15) is 5.75 Å². The summed E-state index contributed by atoms with van der Waals surface area (Å²) in [6.07, 6.45) is 9.93. The Balaban J connectivity index is 2.16. The molecule has 3 nitrogen and oxygen atoms in total. The van der Waals surface area contributed by atoms with Gasteiger partial charge in [-0.15, -0.1) is 0 Å². The zero-order chi connectivity index (χ0) is 14.6. The largest absolute Gasteiger partial charge is 0.489 e. The van der Waals surface area contributed by atoms with Crippen LogP contribution in [0.15, 0.2) is 18.5 Å². The van der Waals surface area contributed by atoms with Crippen molar-refractivity contribution in [3.05, 3.63) is 24.0 Å². The molecule has 1 fully saturated rings. The van der Waals surface area contributed by atoms with Crippen molar-refractivity contribution in [1.82, 2.24) is 4.98 Å². The second kappa shape index (κ2) is 6.57. The third kappa shape index (κ3) is 3.72. The normalized spacial score (nSPS) is 27.4. The Hall–Kier alpha value is -1.09. The lowest BCUT2D eigenvalue weighted by atomic mass is 9.87. The van der Waals surface area contributed by atoms with Crippen LogP contribution in [0.4, 0.5) is 0 Å². The minimum absolute atomic E-state index is 0.125. The Morgan fingerprint density at radius 3 is 2.85 bits per heavy atom. The van der Waals surface area contributed by atoms with Gasteiger partial charge in [-0.25, -0.2) is 0 Å². The Morgan fingerprint density at radius 2 is 2.15 bits per heavy atom. The van der Waals surface area contributed by atoms with Gasteiger partial charge in [-0.1, -0.05) is 19.8 Å². The molecule has 112 valence electrons. The van der Waals surface area contributed by atoms with Gasteiger partial charge >= 0.3 is 0 Å². The Morgan fingerprint density at radius 1 is 1.35 bits per heavy atom. The van der Waals surface area contributed by atoms with Gasteiger partial charge in [-0.05, 0) is 51.5 Å². The molecule has 2 rings (SSSR count). The summed E-state index contributed by atoms with van der Waals surface area (Å²) in [7, 11) is 0. The summed E-state index contributed by atoms with van der Waals surface area (Å²) in [6.45, 7) is 6.24. The van der Waals surface area contributed by atoms with Crippen LogP contribution in [0.5, 0.6) is 5.75 Å². The van der Waals surface area contributed by atoms with Crippen molar-refractivity contribution in [2.45, 2.75) is 71.0 Å². The lowest BCUT2D eigenvalue weighted by molar-refractivity contribution is 0.0189. The molecule has 0 saturated heterocycles. The highest BCUT2D eigenvalue weighted by Gasteiger charge is 2.32. The smallest absolute Gasteiger partial charge is 0.138 e. The van der Waals surface area contributed by atoms with E-state index >= 15 is 0 Å². The molecular weight excluding hydrogens is 250 g/mol. The molecule has 1 N–H and O–H groups in total. The van der Waals surface area contributed by atoms with E-state index in [9.17, 15) is 5.11 Å². The van der Waals surface area contributed by atoms with Crippen LogP contribution in [0.2, 0.25) is 0 Å². The molecule has 0 spiro atoms. The first-order valence-corrected chi connectivity index (χ1v) is 7.88. The highest BCUT2D eigenvalue weighted by molar-refractivity contribution is 5.28. The maximum absolute atomic E-state index is 11.0. The first kappa shape index (κ1) is 15.3. The van der Waals surface area contributed by atoms with Gasteiger partial charge in [0.05, 0.1) is 17.9 Å². The molecule has 0 radical (unpaired) electrons. The number of pyridine rings is 1. The number of aliphatic hydroxyl groups is 1. The lowest BCUT2D eigenvalue weighted by Gasteiger charge is -2.27. The summed E-state index contributed by atoms with van der Waals surface area (Å²) in [5.74, 6) is 1.51. The molecule has 1 heterocycles. The van der Waals surface area contributed by atoms with Crippen molar-refractivity contribution < 1.29 is 9.84 Å². The van der Waals surface area contributed by atoms with Gasteiger partial charge in [-0.2, -0.15) is 0 Å². The molecule has 0 bridgehead atoms. The molecule has 0 aliphatic heterocycles. The summed E-state index contributed by atoms with van der Waals surface area (Å²) in [4.78, 5) is 4.24. The van der Waals surface area contributed by atoms with E-state index in [4.69, 9.17) is 4.74 Å². The maximum atomic E-state index is 11.0. The molecule has 20 heavy (non-hydrogen) atoms. The van der Waals surface area contributed by atoms with Crippen molar-refractivity contribution in [2.24, 2.45) is 5.92 Å². The minimum atomic E-state index is -0.729. The van der Waals surface area contributed by atoms with E-state index in [1.54, 1.807) is 12.4 Å². The van der Waals surface area contributed by atoms with Crippen LogP contribution in [0.1, 0.15) is 64.9 Å². The fourth-order valence-corrected chi connectivity index (χ4v) is 3.10. The number of hydrogen-bond acceptors (Lipinski definition) is 3. The summed E-state index contributed by atoms with van der Waals surface area (Å²) in [5, 5.41) is 11.0. The van der Waals surface area contributed by atoms with Crippen LogP contribution in [0.25, 0.3) is 0 Å². The first-order chi connectivity index (χ1) is 9.53. The Bertz CT molecular complexity index is 433. The van der Waals surface area contributed by atoms with E-state index in [-0.39, 0.29) is 6.10 Å². The van der Waals surface area contributed by atoms with Crippen molar-refractivity contribution in [2.75, 3.05) is 0 Å². The van der Waals surface area contributed by atoms with Crippen LogP contribution in [-0.2, 0) is 5.60 Å². The predicted octanol–water partition coefficient (Wildman–Crippen LogP) is 4.05. The second-order valence-corrected chi connectivity index (χ2v) is 6.31. The van der Waals surface area contributed by atoms with Crippen molar-refractivity contribution in [3.63, 3.8) is 0 Å². The standard InChI is InChI=1S/C17H27NO2/c1-4-14-6-5-8-17(19,9-7-14)15-10-16(12-18-11-15)20-13(2)3/h10-14,19H,4-9H2,1-3H3. The fourth-order valence-electron chi connectivity index (χ4n) is 3.10. The molecule has 1 aromatic rings. The third-order valence-corrected chi connectivity index (χ3v) is 4.37. The van der Waals surface area contributed by atoms with Crippen molar-refractivity contribution in [1.29, 1.82) is 0 Å².